The number of hydrogen-bond acceptors (Lipinski definition) is 3. The number of nitrogens with zero attached hydrogens (tertiary/aromatic N) is 1. The van der Waals surface area contributed by atoms with E-state index in [1.54, 1.807) is 19.2 Å². The number of aromatic nitrogens is 2. The summed E-state index contributed by atoms with van der Waals surface area (Å²) in [7, 11) is 1.54. The van der Waals surface area contributed by atoms with Crippen LogP contribution in [0.5, 0.6) is 5.75 Å². The molecule has 2 rings (SSSR count). The Balaban J connectivity index is 2.87. The zero-order valence-electron chi connectivity index (χ0n) is 7.67. The first-order valence-corrected chi connectivity index (χ1v) is 5.22. The van der Waals surface area contributed by atoms with E-state index in [1.807, 2.05) is 0 Å². The van der Waals surface area contributed by atoms with Gasteiger partial charge in [0.2, 0.25) is 5.28 Å². The molecule has 1 aromatic heterocycles. The molecule has 1 heterocycles. The highest BCUT2D eigenvalue weighted by molar-refractivity contribution is 9.10. The molecule has 1 aromatic carbocycles. The minimum atomic E-state index is -0.270. The number of halogens is 2. The Hall–Kier alpha value is -1.07. The molecule has 15 heavy (non-hydrogen) atoms. The van der Waals surface area contributed by atoms with Crippen LogP contribution in [0.15, 0.2) is 21.4 Å². The van der Waals surface area contributed by atoms with Crippen LogP contribution >= 0.6 is 27.5 Å². The van der Waals surface area contributed by atoms with Crippen molar-refractivity contribution in [2.24, 2.45) is 0 Å². The van der Waals surface area contributed by atoms with Crippen LogP contribution in [0.4, 0.5) is 0 Å². The number of H-pyrrole nitrogens is 1. The highest BCUT2D eigenvalue weighted by atomic mass is 79.9. The van der Waals surface area contributed by atoms with E-state index in [-0.39, 0.29) is 10.8 Å². The summed E-state index contributed by atoms with van der Waals surface area (Å²) in [6.45, 7) is 0. The van der Waals surface area contributed by atoms with Crippen molar-refractivity contribution >= 4 is 38.4 Å². The first kappa shape index (κ1) is 10.4. The maximum absolute atomic E-state index is 11.5. The van der Waals surface area contributed by atoms with Crippen LogP contribution in [0.1, 0.15) is 0 Å². The van der Waals surface area contributed by atoms with Gasteiger partial charge in [-0.15, -0.1) is 0 Å². The zero-order valence-corrected chi connectivity index (χ0v) is 10.0. The molecule has 0 saturated carbocycles. The largest absolute Gasteiger partial charge is 0.495 e. The number of ether oxygens (including phenoxy) is 1. The van der Waals surface area contributed by atoms with Crippen LogP contribution in [-0.4, -0.2) is 17.1 Å². The van der Waals surface area contributed by atoms with Gasteiger partial charge in [-0.05, 0) is 33.6 Å². The predicted molar refractivity (Wildman–Crippen MR) is 61.6 cm³/mol. The standard InChI is InChI=1S/C9H6BrClN2O2/c1-15-7-3-6-4(2-5(7)10)8(14)13-9(11)12-6/h2-3H,1H3,(H,12,13,14). The molecule has 0 aliphatic rings. The summed E-state index contributed by atoms with van der Waals surface area (Å²) in [4.78, 5) is 17.9. The smallest absolute Gasteiger partial charge is 0.259 e. The van der Waals surface area contributed by atoms with Crippen molar-refractivity contribution in [2.45, 2.75) is 0 Å². The Kier molecular flexibility index (Phi) is 2.67. The molecule has 6 heteroatoms. The van der Waals surface area contributed by atoms with Gasteiger partial charge in [0.15, 0.2) is 0 Å². The number of methoxy groups -OCH3 is 1. The van der Waals surface area contributed by atoms with Crippen molar-refractivity contribution in [1.82, 2.24) is 9.97 Å². The number of benzene rings is 1. The Morgan fingerprint density at radius 1 is 1.53 bits per heavy atom. The number of fused-ring (bicyclic) bond motifs is 1. The van der Waals surface area contributed by atoms with Gasteiger partial charge < -0.3 is 4.74 Å². The lowest BCUT2D eigenvalue weighted by atomic mass is 10.2. The van der Waals surface area contributed by atoms with Gasteiger partial charge in [0.1, 0.15) is 5.75 Å². The van der Waals surface area contributed by atoms with E-state index in [0.29, 0.717) is 21.1 Å². The van der Waals surface area contributed by atoms with Gasteiger partial charge in [-0.25, -0.2) is 4.98 Å². The predicted octanol–water partition coefficient (Wildman–Crippen LogP) is 2.35. The van der Waals surface area contributed by atoms with Crippen LogP contribution < -0.4 is 10.3 Å². The second kappa shape index (κ2) is 3.83. The molecule has 0 aliphatic carbocycles. The van der Waals surface area contributed by atoms with Gasteiger partial charge in [0.25, 0.3) is 5.56 Å². The van der Waals surface area contributed by atoms with Crippen molar-refractivity contribution in [3.63, 3.8) is 0 Å². The molecule has 0 saturated heterocycles. The quantitative estimate of drug-likeness (QED) is 0.820. The first-order valence-electron chi connectivity index (χ1n) is 4.05. The average Bonchev–Trinajstić information content (AvgIpc) is 2.18. The fourth-order valence-electron chi connectivity index (χ4n) is 1.27. The normalized spacial score (nSPS) is 10.6. The second-order valence-electron chi connectivity index (χ2n) is 2.86. The topological polar surface area (TPSA) is 55.0 Å². The summed E-state index contributed by atoms with van der Waals surface area (Å²) in [5.74, 6) is 0.608. The van der Waals surface area contributed by atoms with Crippen LogP contribution in [0.2, 0.25) is 5.28 Å². The lowest BCUT2D eigenvalue weighted by Crippen LogP contribution is -2.07. The highest BCUT2D eigenvalue weighted by Gasteiger charge is 2.07. The van der Waals surface area contributed by atoms with Crippen molar-refractivity contribution in [2.75, 3.05) is 7.11 Å². The van der Waals surface area contributed by atoms with Crippen LogP contribution in [-0.2, 0) is 0 Å². The molecule has 0 aliphatic heterocycles. The molecule has 0 unspecified atom stereocenters. The van der Waals surface area contributed by atoms with Gasteiger partial charge in [-0.1, -0.05) is 0 Å². The summed E-state index contributed by atoms with van der Waals surface area (Å²) in [5, 5.41) is 0.531. The number of nitrogens with one attached hydrogen (secondary N) is 1. The van der Waals surface area contributed by atoms with Crippen molar-refractivity contribution in [3.05, 3.63) is 32.2 Å². The molecule has 0 radical (unpaired) electrons. The van der Waals surface area contributed by atoms with Crippen molar-refractivity contribution in [1.29, 1.82) is 0 Å². The van der Waals surface area contributed by atoms with E-state index in [0.717, 1.165) is 0 Å². The van der Waals surface area contributed by atoms with E-state index in [2.05, 4.69) is 25.9 Å². The van der Waals surface area contributed by atoms with Crippen LogP contribution in [0.3, 0.4) is 0 Å². The van der Waals surface area contributed by atoms with Gasteiger partial charge in [-0.2, -0.15) is 0 Å². The van der Waals surface area contributed by atoms with Crippen molar-refractivity contribution in [3.8, 4) is 5.75 Å². The third-order valence-corrected chi connectivity index (χ3v) is 2.75. The van der Waals surface area contributed by atoms with Gasteiger partial charge in [0, 0.05) is 6.07 Å². The molecular weight excluding hydrogens is 283 g/mol. The second-order valence-corrected chi connectivity index (χ2v) is 4.07. The third-order valence-electron chi connectivity index (χ3n) is 1.95. The minimum absolute atomic E-state index is 0.0666. The zero-order chi connectivity index (χ0) is 11.0. The molecule has 78 valence electrons. The molecule has 0 fully saturated rings. The SMILES string of the molecule is COc1cc2nc(Cl)[nH]c(=O)c2cc1Br. The molecule has 4 nitrogen and oxygen atoms in total. The Bertz CT molecular complexity index is 582. The van der Waals surface area contributed by atoms with Crippen molar-refractivity contribution < 1.29 is 4.74 Å². The summed E-state index contributed by atoms with van der Waals surface area (Å²) >= 11 is 8.93. The number of rotatable bonds is 1. The third kappa shape index (κ3) is 1.85. The van der Waals surface area contributed by atoms with Gasteiger partial charge >= 0.3 is 0 Å². The first-order chi connectivity index (χ1) is 7.11. The fraction of sp³-hybridized carbons (Fsp3) is 0.111. The van der Waals surface area contributed by atoms with Gasteiger partial charge in [0.05, 0.1) is 22.5 Å². The van der Waals surface area contributed by atoms with E-state index in [4.69, 9.17) is 16.3 Å². The molecular formula is C9H6BrClN2O2. The Morgan fingerprint density at radius 3 is 2.93 bits per heavy atom. The van der Waals surface area contributed by atoms with Gasteiger partial charge in [-0.3, -0.25) is 9.78 Å². The lowest BCUT2D eigenvalue weighted by molar-refractivity contribution is 0.412. The molecule has 0 atom stereocenters. The Labute approximate surface area is 98.4 Å². The monoisotopic (exact) mass is 288 g/mol. The molecule has 0 amide bonds. The fourth-order valence-corrected chi connectivity index (χ4v) is 1.95. The maximum Gasteiger partial charge on any atom is 0.259 e. The van der Waals surface area contributed by atoms with E-state index < -0.39 is 0 Å². The highest BCUT2D eigenvalue weighted by Crippen LogP contribution is 2.28. The summed E-state index contributed by atoms with van der Waals surface area (Å²) in [6, 6.07) is 3.30. The lowest BCUT2D eigenvalue weighted by Gasteiger charge is -2.04. The van der Waals surface area contributed by atoms with Crippen LogP contribution in [0.25, 0.3) is 10.9 Å². The number of hydrogen-bond donors (Lipinski definition) is 1. The summed E-state index contributed by atoms with van der Waals surface area (Å²) in [5.41, 5.74) is 0.233. The average molecular weight is 290 g/mol. The molecule has 1 N–H and O–H groups in total. The molecule has 0 spiro atoms. The molecule has 0 bridgehead atoms. The Morgan fingerprint density at radius 2 is 2.27 bits per heavy atom. The summed E-state index contributed by atoms with van der Waals surface area (Å²) < 4.78 is 5.79. The maximum atomic E-state index is 11.5. The van der Waals surface area contributed by atoms with E-state index in [9.17, 15) is 4.79 Å². The van der Waals surface area contributed by atoms with E-state index >= 15 is 0 Å². The van der Waals surface area contributed by atoms with E-state index in [1.165, 1.54) is 0 Å². The summed E-state index contributed by atoms with van der Waals surface area (Å²) in [6.07, 6.45) is 0. The minimum Gasteiger partial charge on any atom is -0.495 e. The van der Waals surface area contributed by atoms with Crippen LogP contribution in [0, 0.1) is 0 Å². The number of aromatic amines is 1. The molecule has 2 aromatic rings.